The molecule has 0 radical (unpaired) electrons. The van der Waals surface area contributed by atoms with E-state index in [-0.39, 0.29) is 11.6 Å². The second-order valence-corrected chi connectivity index (χ2v) is 6.09. The summed E-state index contributed by atoms with van der Waals surface area (Å²) in [5.74, 6) is -0.320. The van der Waals surface area contributed by atoms with Gasteiger partial charge in [-0.1, -0.05) is 15.9 Å². The van der Waals surface area contributed by atoms with Crippen LogP contribution in [-0.2, 0) is 4.74 Å². The number of halogens is 1. The third-order valence-electron chi connectivity index (χ3n) is 3.42. The van der Waals surface area contributed by atoms with Crippen LogP contribution in [0.5, 0.6) is 0 Å². The predicted molar refractivity (Wildman–Crippen MR) is 76.8 cm³/mol. The fourth-order valence-corrected chi connectivity index (χ4v) is 2.64. The Kier molecular flexibility index (Phi) is 4.10. The number of carbonyl (C=O) groups is 1. The van der Waals surface area contributed by atoms with Crippen molar-refractivity contribution in [2.24, 2.45) is 0 Å². The summed E-state index contributed by atoms with van der Waals surface area (Å²) < 4.78 is 5.79. The second kappa shape index (κ2) is 5.49. The lowest BCUT2D eigenvalue weighted by Crippen LogP contribution is -2.46. The lowest BCUT2D eigenvalue weighted by atomic mass is 9.99. The van der Waals surface area contributed by atoms with Gasteiger partial charge in [0.2, 0.25) is 0 Å². The van der Waals surface area contributed by atoms with E-state index in [1.165, 1.54) is 6.07 Å². The molecule has 0 saturated carbocycles. The van der Waals surface area contributed by atoms with Crippen molar-refractivity contribution >= 4 is 27.5 Å². The maximum atomic E-state index is 12.3. The first-order chi connectivity index (χ1) is 9.32. The van der Waals surface area contributed by atoms with Gasteiger partial charge in [0.15, 0.2) is 0 Å². The van der Waals surface area contributed by atoms with Gasteiger partial charge in [0.1, 0.15) is 0 Å². The molecule has 0 aliphatic carbocycles. The normalized spacial score (nSPS) is 21.8. The number of hydrogen-bond acceptors (Lipinski definition) is 4. The SMILES string of the molecule is Cc1c(C(=O)NC2(C)CCOC2)cc(Br)cc1[N+](=O)[O-]. The van der Waals surface area contributed by atoms with Crippen LogP contribution >= 0.6 is 15.9 Å². The first-order valence-electron chi connectivity index (χ1n) is 6.17. The summed E-state index contributed by atoms with van der Waals surface area (Å²) in [6.07, 6.45) is 0.730. The summed E-state index contributed by atoms with van der Waals surface area (Å²) in [6.45, 7) is 4.54. The van der Waals surface area contributed by atoms with E-state index in [9.17, 15) is 14.9 Å². The summed E-state index contributed by atoms with van der Waals surface area (Å²) in [5.41, 5.74) is 0.176. The van der Waals surface area contributed by atoms with Crippen molar-refractivity contribution in [2.75, 3.05) is 13.2 Å². The third kappa shape index (κ3) is 2.99. The number of rotatable bonds is 3. The third-order valence-corrected chi connectivity index (χ3v) is 3.88. The van der Waals surface area contributed by atoms with E-state index in [0.717, 1.165) is 6.42 Å². The van der Waals surface area contributed by atoms with Crippen LogP contribution < -0.4 is 5.32 Å². The maximum Gasteiger partial charge on any atom is 0.274 e. The number of ether oxygens (including phenoxy) is 1. The average molecular weight is 343 g/mol. The predicted octanol–water partition coefficient (Wildman–Crippen LogP) is 2.57. The first-order valence-corrected chi connectivity index (χ1v) is 6.96. The molecule has 0 bridgehead atoms. The lowest BCUT2D eigenvalue weighted by molar-refractivity contribution is -0.385. The summed E-state index contributed by atoms with van der Waals surface area (Å²) in [4.78, 5) is 22.8. The van der Waals surface area contributed by atoms with Crippen LogP contribution in [0.1, 0.15) is 29.3 Å². The molecular weight excluding hydrogens is 328 g/mol. The maximum absolute atomic E-state index is 12.3. The number of nitro benzene ring substituents is 1. The smallest absolute Gasteiger partial charge is 0.274 e. The van der Waals surface area contributed by atoms with Crippen LogP contribution in [0.15, 0.2) is 16.6 Å². The average Bonchev–Trinajstić information content (AvgIpc) is 2.77. The minimum atomic E-state index is -0.489. The number of nitrogens with zero attached hydrogens (tertiary/aromatic N) is 1. The molecule has 0 spiro atoms. The molecule has 1 unspecified atom stereocenters. The fourth-order valence-electron chi connectivity index (χ4n) is 2.20. The second-order valence-electron chi connectivity index (χ2n) is 5.17. The standard InChI is InChI=1S/C13H15BrN2O4/c1-8-10(5-9(14)6-11(8)16(18)19)12(17)15-13(2)3-4-20-7-13/h5-6H,3-4,7H2,1-2H3,(H,15,17). The molecular formula is C13H15BrN2O4. The highest BCUT2D eigenvalue weighted by atomic mass is 79.9. The Hall–Kier alpha value is -1.47. The van der Waals surface area contributed by atoms with E-state index in [1.807, 2.05) is 6.92 Å². The Morgan fingerprint density at radius 3 is 2.80 bits per heavy atom. The molecule has 1 fully saturated rings. The Bertz CT molecular complexity index is 568. The zero-order chi connectivity index (χ0) is 14.9. The van der Waals surface area contributed by atoms with E-state index in [2.05, 4.69) is 21.2 Å². The highest BCUT2D eigenvalue weighted by Gasteiger charge is 2.32. The molecule has 20 heavy (non-hydrogen) atoms. The van der Waals surface area contributed by atoms with Crippen LogP contribution in [0.2, 0.25) is 0 Å². The summed E-state index contributed by atoms with van der Waals surface area (Å²) >= 11 is 3.20. The van der Waals surface area contributed by atoms with Gasteiger partial charge in [-0.3, -0.25) is 14.9 Å². The van der Waals surface area contributed by atoms with Gasteiger partial charge in [0.25, 0.3) is 11.6 Å². The van der Waals surface area contributed by atoms with Gasteiger partial charge in [-0.2, -0.15) is 0 Å². The van der Waals surface area contributed by atoms with Gasteiger partial charge in [0.05, 0.1) is 22.6 Å². The van der Waals surface area contributed by atoms with E-state index in [0.29, 0.717) is 28.8 Å². The van der Waals surface area contributed by atoms with Crippen LogP contribution in [0.3, 0.4) is 0 Å². The zero-order valence-electron chi connectivity index (χ0n) is 11.2. The van der Waals surface area contributed by atoms with E-state index in [4.69, 9.17) is 4.74 Å². The Morgan fingerprint density at radius 1 is 1.55 bits per heavy atom. The van der Waals surface area contributed by atoms with Crippen molar-refractivity contribution in [1.29, 1.82) is 0 Å². The first kappa shape index (κ1) is 14.9. The molecule has 1 aliphatic heterocycles. The van der Waals surface area contributed by atoms with E-state index >= 15 is 0 Å². The molecule has 1 N–H and O–H groups in total. The molecule has 6 nitrogen and oxygen atoms in total. The Morgan fingerprint density at radius 2 is 2.25 bits per heavy atom. The van der Waals surface area contributed by atoms with Gasteiger partial charge >= 0.3 is 0 Å². The van der Waals surface area contributed by atoms with Crippen LogP contribution in [0.4, 0.5) is 5.69 Å². The minimum absolute atomic E-state index is 0.0719. The topological polar surface area (TPSA) is 81.5 Å². The summed E-state index contributed by atoms with van der Waals surface area (Å²) in [7, 11) is 0. The van der Waals surface area contributed by atoms with E-state index in [1.54, 1.807) is 13.0 Å². The molecule has 1 aromatic rings. The van der Waals surface area contributed by atoms with Crippen molar-refractivity contribution in [1.82, 2.24) is 5.32 Å². The van der Waals surface area contributed by atoms with Crippen molar-refractivity contribution < 1.29 is 14.5 Å². The largest absolute Gasteiger partial charge is 0.379 e. The molecule has 0 aromatic heterocycles. The van der Waals surface area contributed by atoms with Crippen molar-refractivity contribution in [3.05, 3.63) is 37.8 Å². The summed E-state index contributed by atoms with van der Waals surface area (Å²) in [6, 6.07) is 2.99. The molecule has 1 aliphatic rings. The van der Waals surface area contributed by atoms with Crippen molar-refractivity contribution in [2.45, 2.75) is 25.8 Å². The molecule has 108 valence electrons. The molecule has 7 heteroatoms. The Labute approximate surface area is 124 Å². The number of hydrogen-bond donors (Lipinski definition) is 1. The van der Waals surface area contributed by atoms with Gasteiger partial charge < -0.3 is 10.1 Å². The fraction of sp³-hybridized carbons (Fsp3) is 0.462. The van der Waals surface area contributed by atoms with Gasteiger partial charge in [-0.25, -0.2) is 0 Å². The monoisotopic (exact) mass is 342 g/mol. The molecule has 1 amide bonds. The van der Waals surface area contributed by atoms with Crippen molar-refractivity contribution in [3.63, 3.8) is 0 Å². The van der Waals surface area contributed by atoms with Crippen LogP contribution in [-0.4, -0.2) is 29.6 Å². The zero-order valence-corrected chi connectivity index (χ0v) is 12.8. The van der Waals surface area contributed by atoms with Gasteiger partial charge in [-0.15, -0.1) is 0 Å². The number of amides is 1. The highest BCUT2D eigenvalue weighted by molar-refractivity contribution is 9.10. The molecule has 1 atom stereocenters. The van der Waals surface area contributed by atoms with Crippen LogP contribution in [0.25, 0.3) is 0 Å². The quantitative estimate of drug-likeness (QED) is 0.676. The van der Waals surface area contributed by atoms with Crippen LogP contribution in [0, 0.1) is 17.0 Å². The number of nitro groups is 1. The van der Waals surface area contributed by atoms with Crippen molar-refractivity contribution in [3.8, 4) is 0 Å². The number of carbonyl (C=O) groups excluding carboxylic acids is 1. The Balaban J connectivity index is 2.32. The summed E-state index contributed by atoms with van der Waals surface area (Å²) in [5, 5.41) is 13.9. The van der Waals surface area contributed by atoms with Gasteiger partial charge in [0, 0.05) is 22.7 Å². The number of benzene rings is 1. The molecule has 1 heterocycles. The lowest BCUT2D eigenvalue weighted by Gasteiger charge is -2.24. The molecule has 1 saturated heterocycles. The number of nitrogens with one attached hydrogen (secondary N) is 1. The van der Waals surface area contributed by atoms with E-state index < -0.39 is 10.5 Å². The molecule has 1 aromatic carbocycles. The minimum Gasteiger partial charge on any atom is -0.379 e. The molecule has 2 rings (SSSR count). The highest BCUT2D eigenvalue weighted by Crippen LogP contribution is 2.28. The van der Waals surface area contributed by atoms with Gasteiger partial charge in [-0.05, 0) is 26.3 Å².